The standard InChI is InChI=1S/C14H9Cl3N2O2/c1-3-4-5-8-7(2)13(20)19(14(8)21)11-9(15)6-18-12(17)10(11)16/h3-6H,1H2,2H3/b5-4-. The molecule has 7 heteroatoms. The number of amides is 2. The first-order valence-corrected chi connectivity index (χ1v) is 6.91. The summed E-state index contributed by atoms with van der Waals surface area (Å²) in [6.07, 6.45) is 5.81. The van der Waals surface area contributed by atoms with Crippen LogP contribution in [0.2, 0.25) is 15.2 Å². The van der Waals surface area contributed by atoms with Crippen molar-refractivity contribution in [3.63, 3.8) is 0 Å². The van der Waals surface area contributed by atoms with Crippen LogP contribution < -0.4 is 4.90 Å². The van der Waals surface area contributed by atoms with Gasteiger partial charge >= 0.3 is 0 Å². The number of carbonyl (C=O) groups excluding carboxylic acids is 2. The number of aromatic nitrogens is 1. The molecule has 0 fully saturated rings. The molecule has 2 amide bonds. The molecule has 2 heterocycles. The highest BCUT2D eigenvalue weighted by Crippen LogP contribution is 2.40. The first-order valence-electron chi connectivity index (χ1n) is 5.78. The highest BCUT2D eigenvalue weighted by atomic mass is 35.5. The van der Waals surface area contributed by atoms with Gasteiger partial charge < -0.3 is 0 Å². The molecule has 0 saturated carbocycles. The van der Waals surface area contributed by atoms with Crippen LogP contribution in [-0.4, -0.2) is 16.8 Å². The van der Waals surface area contributed by atoms with Crippen LogP contribution in [0.25, 0.3) is 0 Å². The van der Waals surface area contributed by atoms with E-state index >= 15 is 0 Å². The van der Waals surface area contributed by atoms with Gasteiger partial charge in [-0.1, -0.05) is 53.5 Å². The average molecular weight is 344 g/mol. The van der Waals surface area contributed by atoms with Crippen LogP contribution in [0.4, 0.5) is 5.69 Å². The van der Waals surface area contributed by atoms with E-state index in [0.29, 0.717) is 0 Å². The van der Waals surface area contributed by atoms with Crippen molar-refractivity contribution in [2.75, 3.05) is 4.90 Å². The van der Waals surface area contributed by atoms with Gasteiger partial charge in [-0.05, 0) is 13.0 Å². The van der Waals surface area contributed by atoms with Gasteiger partial charge in [0, 0.05) is 17.3 Å². The van der Waals surface area contributed by atoms with Crippen LogP contribution in [0.5, 0.6) is 0 Å². The van der Waals surface area contributed by atoms with Gasteiger partial charge in [0.1, 0.15) is 10.2 Å². The molecule has 21 heavy (non-hydrogen) atoms. The zero-order chi connectivity index (χ0) is 15.7. The molecule has 0 N–H and O–H groups in total. The summed E-state index contributed by atoms with van der Waals surface area (Å²) < 4.78 is 0. The molecule has 1 aliphatic heterocycles. The highest BCUT2D eigenvalue weighted by Gasteiger charge is 2.38. The van der Waals surface area contributed by atoms with Gasteiger partial charge in [0.25, 0.3) is 11.8 Å². The van der Waals surface area contributed by atoms with Crippen molar-refractivity contribution in [3.8, 4) is 0 Å². The van der Waals surface area contributed by atoms with E-state index in [-0.39, 0.29) is 32.0 Å². The van der Waals surface area contributed by atoms with E-state index in [0.717, 1.165) is 4.90 Å². The Morgan fingerprint density at radius 2 is 1.90 bits per heavy atom. The quantitative estimate of drug-likeness (QED) is 0.474. The highest BCUT2D eigenvalue weighted by molar-refractivity contribution is 6.48. The van der Waals surface area contributed by atoms with Crippen LogP contribution in [-0.2, 0) is 9.59 Å². The van der Waals surface area contributed by atoms with E-state index in [9.17, 15) is 9.59 Å². The number of pyridine rings is 1. The van der Waals surface area contributed by atoms with Gasteiger partial charge in [-0.15, -0.1) is 0 Å². The van der Waals surface area contributed by atoms with Gasteiger partial charge in [-0.3, -0.25) is 9.59 Å². The molecule has 1 aliphatic rings. The van der Waals surface area contributed by atoms with E-state index in [1.165, 1.54) is 18.3 Å². The first-order chi connectivity index (χ1) is 9.90. The first kappa shape index (κ1) is 15.8. The van der Waals surface area contributed by atoms with E-state index in [1.807, 2.05) is 0 Å². The number of imide groups is 1. The number of allylic oxidation sites excluding steroid dienone is 2. The Morgan fingerprint density at radius 3 is 2.52 bits per heavy atom. The third kappa shape index (κ3) is 2.62. The normalized spacial score (nSPS) is 15.5. The minimum atomic E-state index is -0.526. The second-order valence-corrected chi connectivity index (χ2v) is 5.28. The minimum Gasteiger partial charge on any atom is -0.269 e. The van der Waals surface area contributed by atoms with Gasteiger partial charge in [0.05, 0.1) is 10.7 Å². The number of hydrogen-bond donors (Lipinski definition) is 0. The number of nitrogens with zero attached hydrogens (tertiary/aromatic N) is 2. The Bertz CT molecular complexity index is 723. The number of hydrogen-bond acceptors (Lipinski definition) is 3. The lowest BCUT2D eigenvalue weighted by Gasteiger charge is -2.18. The maximum atomic E-state index is 12.4. The van der Waals surface area contributed by atoms with Gasteiger partial charge in [-0.2, -0.15) is 0 Å². The SMILES string of the molecule is C=C/C=C\C1=C(C)C(=O)N(c2c(Cl)cnc(Cl)c2Cl)C1=O. The summed E-state index contributed by atoms with van der Waals surface area (Å²) in [5.74, 6) is -1.03. The molecule has 0 unspecified atom stereocenters. The fraction of sp³-hybridized carbons (Fsp3) is 0.0714. The van der Waals surface area contributed by atoms with Crippen molar-refractivity contribution in [2.45, 2.75) is 6.92 Å². The van der Waals surface area contributed by atoms with Gasteiger partial charge in [0.15, 0.2) is 0 Å². The van der Waals surface area contributed by atoms with Crippen molar-refractivity contribution in [1.82, 2.24) is 4.98 Å². The monoisotopic (exact) mass is 342 g/mol. The van der Waals surface area contributed by atoms with E-state index in [2.05, 4.69) is 11.6 Å². The Morgan fingerprint density at radius 1 is 1.24 bits per heavy atom. The minimum absolute atomic E-state index is 0.0367. The summed E-state index contributed by atoms with van der Waals surface area (Å²) in [6, 6.07) is 0. The Hall–Kier alpha value is -1.62. The van der Waals surface area contributed by atoms with Crippen molar-refractivity contribution < 1.29 is 9.59 Å². The van der Waals surface area contributed by atoms with Gasteiger partial charge in [-0.25, -0.2) is 9.88 Å². The van der Waals surface area contributed by atoms with Crippen LogP contribution in [0.1, 0.15) is 6.92 Å². The van der Waals surface area contributed by atoms with Crippen LogP contribution >= 0.6 is 34.8 Å². The molecule has 0 aromatic carbocycles. The van der Waals surface area contributed by atoms with Crippen molar-refractivity contribution >= 4 is 52.3 Å². The second kappa shape index (κ2) is 6.02. The number of rotatable bonds is 3. The second-order valence-electron chi connectivity index (χ2n) is 4.14. The zero-order valence-electron chi connectivity index (χ0n) is 10.9. The topological polar surface area (TPSA) is 50.3 Å². The van der Waals surface area contributed by atoms with Crippen molar-refractivity contribution in [2.24, 2.45) is 0 Å². The zero-order valence-corrected chi connectivity index (χ0v) is 13.1. The molecular formula is C14H9Cl3N2O2. The summed E-state index contributed by atoms with van der Waals surface area (Å²) in [5, 5.41) is -0.0233. The third-order valence-corrected chi connectivity index (χ3v) is 3.91. The average Bonchev–Trinajstić information content (AvgIpc) is 2.65. The van der Waals surface area contributed by atoms with Crippen molar-refractivity contribution in [1.29, 1.82) is 0 Å². The van der Waals surface area contributed by atoms with Crippen LogP contribution in [0.3, 0.4) is 0 Å². The fourth-order valence-electron chi connectivity index (χ4n) is 1.86. The maximum Gasteiger partial charge on any atom is 0.265 e. The smallest absolute Gasteiger partial charge is 0.265 e. The molecule has 0 radical (unpaired) electrons. The fourth-order valence-corrected chi connectivity index (χ4v) is 2.51. The van der Waals surface area contributed by atoms with E-state index in [4.69, 9.17) is 34.8 Å². The largest absolute Gasteiger partial charge is 0.269 e. The summed E-state index contributed by atoms with van der Waals surface area (Å²) in [6.45, 7) is 5.07. The summed E-state index contributed by atoms with van der Waals surface area (Å²) in [7, 11) is 0. The Labute approximate surface area is 136 Å². The predicted molar refractivity (Wildman–Crippen MR) is 83.8 cm³/mol. The molecule has 0 atom stereocenters. The van der Waals surface area contributed by atoms with Crippen LogP contribution in [0.15, 0.2) is 42.2 Å². The molecular weight excluding hydrogens is 335 g/mol. The molecule has 1 aromatic heterocycles. The molecule has 1 aromatic rings. The van der Waals surface area contributed by atoms with E-state index in [1.54, 1.807) is 13.0 Å². The lowest BCUT2D eigenvalue weighted by molar-refractivity contribution is -0.120. The predicted octanol–water partition coefficient (Wildman–Crippen LogP) is 3.97. The maximum absolute atomic E-state index is 12.4. The molecule has 108 valence electrons. The van der Waals surface area contributed by atoms with Crippen LogP contribution in [0, 0.1) is 0 Å². The Kier molecular flexibility index (Phi) is 4.52. The molecule has 0 spiro atoms. The molecule has 0 aliphatic carbocycles. The molecule has 2 rings (SSSR count). The third-order valence-electron chi connectivity index (χ3n) is 2.89. The summed E-state index contributed by atoms with van der Waals surface area (Å²) in [5.41, 5.74) is 0.577. The lowest BCUT2D eigenvalue weighted by Crippen LogP contribution is -2.32. The lowest BCUT2D eigenvalue weighted by atomic mass is 10.1. The number of halogens is 3. The van der Waals surface area contributed by atoms with E-state index < -0.39 is 11.8 Å². The molecule has 0 saturated heterocycles. The number of carbonyl (C=O) groups is 2. The van der Waals surface area contributed by atoms with Crippen molar-refractivity contribution in [3.05, 3.63) is 57.3 Å². The van der Waals surface area contributed by atoms with Gasteiger partial charge in [0.2, 0.25) is 0 Å². The Balaban J connectivity index is 2.57. The summed E-state index contributed by atoms with van der Waals surface area (Å²) in [4.78, 5) is 29.4. The summed E-state index contributed by atoms with van der Waals surface area (Å²) >= 11 is 17.9. The number of anilines is 1. The molecule has 0 bridgehead atoms. The molecule has 4 nitrogen and oxygen atoms in total.